The molecule has 0 saturated heterocycles. The molecule has 0 radical (unpaired) electrons. The largest absolute Gasteiger partial charge is 0.389 e. The zero-order valence-electron chi connectivity index (χ0n) is 10.3. The van der Waals surface area contributed by atoms with Crippen LogP contribution in [0.3, 0.4) is 0 Å². The number of aromatic nitrogens is 2. The first-order valence-corrected chi connectivity index (χ1v) is 7.01. The maximum absolute atomic E-state index is 9.54. The van der Waals surface area contributed by atoms with Crippen LogP contribution in [-0.2, 0) is 12.8 Å². The Morgan fingerprint density at radius 2 is 2.28 bits per heavy atom. The van der Waals surface area contributed by atoms with E-state index in [2.05, 4.69) is 4.98 Å². The summed E-state index contributed by atoms with van der Waals surface area (Å²) in [6.45, 7) is 1.77. The number of hydrogen-bond acceptors (Lipinski definition) is 3. The minimum Gasteiger partial charge on any atom is -0.389 e. The topological polar surface area (TPSA) is 38.1 Å². The number of hydrogen-bond donors (Lipinski definition) is 1. The van der Waals surface area contributed by atoms with E-state index in [9.17, 15) is 5.11 Å². The average molecular weight is 283 g/mol. The number of benzene rings is 1. The molecule has 1 unspecified atom stereocenters. The van der Waals surface area contributed by atoms with Crippen molar-refractivity contribution >= 4 is 23.4 Å². The van der Waals surface area contributed by atoms with Gasteiger partial charge in [-0.05, 0) is 24.6 Å². The molecule has 0 bridgehead atoms. The Bertz CT molecular complexity index is 540. The molecule has 1 heterocycles. The lowest BCUT2D eigenvalue weighted by Gasteiger charge is -2.07. The van der Waals surface area contributed by atoms with E-state index >= 15 is 0 Å². The number of thioether (sulfide) groups is 1. The van der Waals surface area contributed by atoms with Crippen LogP contribution in [0.25, 0.3) is 0 Å². The fourth-order valence-electron chi connectivity index (χ4n) is 1.57. The fraction of sp³-hybridized carbons (Fsp3) is 0.308. The van der Waals surface area contributed by atoms with Crippen LogP contribution in [0.2, 0.25) is 5.15 Å². The first-order valence-electron chi connectivity index (χ1n) is 5.65. The van der Waals surface area contributed by atoms with E-state index in [1.807, 2.05) is 35.9 Å². The van der Waals surface area contributed by atoms with Gasteiger partial charge in [0, 0.05) is 11.9 Å². The highest BCUT2D eigenvalue weighted by molar-refractivity contribution is 7.98. The lowest BCUT2D eigenvalue weighted by molar-refractivity contribution is 0.199. The molecule has 1 aromatic carbocycles. The van der Waals surface area contributed by atoms with Crippen molar-refractivity contribution in [2.24, 2.45) is 7.05 Å². The predicted octanol–water partition coefficient (Wildman–Crippen LogP) is 3.42. The van der Waals surface area contributed by atoms with E-state index in [-0.39, 0.29) is 0 Å². The van der Waals surface area contributed by atoms with Crippen molar-refractivity contribution in [3.63, 3.8) is 0 Å². The number of halogens is 1. The molecule has 0 saturated carbocycles. The molecule has 96 valence electrons. The van der Waals surface area contributed by atoms with Gasteiger partial charge in [-0.3, -0.25) is 0 Å². The Labute approximate surface area is 116 Å². The number of imidazole rings is 1. The molecule has 3 nitrogen and oxygen atoms in total. The van der Waals surface area contributed by atoms with Gasteiger partial charge in [0.1, 0.15) is 11.0 Å². The van der Waals surface area contributed by atoms with Gasteiger partial charge in [-0.1, -0.05) is 23.7 Å². The van der Waals surface area contributed by atoms with Gasteiger partial charge in [0.2, 0.25) is 0 Å². The second-order valence-electron chi connectivity index (χ2n) is 4.09. The summed E-state index contributed by atoms with van der Waals surface area (Å²) in [6, 6.07) is 7.91. The zero-order chi connectivity index (χ0) is 13.1. The molecule has 5 heteroatoms. The van der Waals surface area contributed by atoms with Gasteiger partial charge in [-0.15, -0.1) is 11.8 Å². The van der Waals surface area contributed by atoms with Crippen LogP contribution in [0.1, 0.15) is 24.4 Å². The molecule has 0 amide bonds. The molecule has 1 aromatic heterocycles. The zero-order valence-corrected chi connectivity index (χ0v) is 11.9. The van der Waals surface area contributed by atoms with E-state index in [0.717, 1.165) is 22.0 Å². The summed E-state index contributed by atoms with van der Waals surface area (Å²) in [4.78, 5) is 5.37. The highest BCUT2D eigenvalue weighted by Gasteiger charge is 2.06. The van der Waals surface area contributed by atoms with Gasteiger partial charge in [-0.2, -0.15) is 0 Å². The Balaban J connectivity index is 2.06. The van der Waals surface area contributed by atoms with Crippen LogP contribution in [-0.4, -0.2) is 14.7 Å². The summed E-state index contributed by atoms with van der Waals surface area (Å²) >= 11 is 7.62. The second-order valence-corrected chi connectivity index (χ2v) is 5.53. The Hall–Kier alpha value is -0.970. The van der Waals surface area contributed by atoms with Gasteiger partial charge in [-0.25, -0.2) is 4.98 Å². The molecule has 1 atom stereocenters. The van der Waals surface area contributed by atoms with Crippen molar-refractivity contribution < 1.29 is 5.11 Å². The van der Waals surface area contributed by atoms with Crippen LogP contribution in [0.4, 0.5) is 0 Å². The highest BCUT2D eigenvalue weighted by Crippen LogP contribution is 2.25. The summed E-state index contributed by atoms with van der Waals surface area (Å²) in [5.74, 6) is 1.69. The molecule has 0 fully saturated rings. The molecule has 0 spiro atoms. The standard InChI is InChI=1S/C13H15ClN2OS/c1-9(17)10-4-3-5-11(6-10)18-8-13-15-7-12(14)16(13)2/h3-7,9,17H,8H2,1-2H3. The fourth-order valence-corrected chi connectivity index (χ4v) is 2.67. The number of nitrogens with zero attached hydrogens (tertiary/aromatic N) is 2. The van der Waals surface area contributed by atoms with Crippen LogP contribution in [0.5, 0.6) is 0 Å². The highest BCUT2D eigenvalue weighted by atomic mass is 35.5. The van der Waals surface area contributed by atoms with Crippen molar-refractivity contribution in [1.29, 1.82) is 0 Å². The molecule has 2 aromatic rings. The smallest absolute Gasteiger partial charge is 0.128 e. The maximum atomic E-state index is 9.54. The molecule has 1 N–H and O–H groups in total. The molecule has 0 aliphatic heterocycles. The van der Waals surface area contributed by atoms with Crippen molar-refractivity contribution in [3.8, 4) is 0 Å². The summed E-state index contributed by atoms with van der Waals surface area (Å²) in [7, 11) is 1.90. The average Bonchev–Trinajstić information content (AvgIpc) is 2.68. The second kappa shape index (κ2) is 5.78. The monoisotopic (exact) mass is 282 g/mol. The Morgan fingerprint density at radius 3 is 2.89 bits per heavy atom. The lowest BCUT2D eigenvalue weighted by Crippen LogP contribution is -1.96. The molecule has 0 aliphatic rings. The maximum Gasteiger partial charge on any atom is 0.128 e. The minimum absolute atomic E-state index is 0.437. The van der Waals surface area contributed by atoms with Crippen molar-refractivity contribution in [1.82, 2.24) is 9.55 Å². The Kier molecular flexibility index (Phi) is 4.32. The van der Waals surface area contributed by atoms with E-state index in [0.29, 0.717) is 5.15 Å². The van der Waals surface area contributed by atoms with Crippen molar-refractivity contribution in [2.75, 3.05) is 0 Å². The van der Waals surface area contributed by atoms with Crippen LogP contribution < -0.4 is 0 Å². The van der Waals surface area contributed by atoms with Gasteiger partial charge in [0.05, 0.1) is 18.1 Å². The van der Waals surface area contributed by atoms with E-state index < -0.39 is 6.10 Å². The SMILES string of the molecule is CC(O)c1cccc(SCc2ncc(Cl)n2C)c1. The van der Waals surface area contributed by atoms with E-state index in [1.165, 1.54) is 0 Å². The first-order chi connectivity index (χ1) is 8.58. The molecule has 0 aliphatic carbocycles. The van der Waals surface area contributed by atoms with Crippen molar-refractivity contribution in [3.05, 3.63) is 47.0 Å². The quantitative estimate of drug-likeness (QED) is 0.873. The van der Waals surface area contributed by atoms with Gasteiger partial charge in [0.25, 0.3) is 0 Å². The lowest BCUT2D eigenvalue weighted by atomic mass is 10.1. The predicted molar refractivity (Wildman–Crippen MR) is 74.9 cm³/mol. The summed E-state index contributed by atoms with van der Waals surface area (Å²) in [5.41, 5.74) is 0.929. The van der Waals surface area contributed by atoms with Gasteiger partial charge in [0.15, 0.2) is 0 Å². The number of rotatable bonds is 4. The third-order valence-electron chi connectivity index (χ3n) is 2.74. The van der Waals surface area contributed by atoms with Gasteiger partial charge >= 0.3 is 0 Å². The summed E-state index contributed by atoms with van der Waals surface area (Å²) < 4.78 is 1.87. The van der Waals surface area contributed by atoms with E-state index in [4.69, 9.17) is 11.6 Å². The number of aliphatic hydroxyl groups is 1. The van der Waals surface area contributed by atoms with Crippen LogP contribution >= 0.6 is 23.4 Å². The van der Waals surface area contributed by atoms with Crippen molar-refractivity contribution in [2.45, 2.75) is 23.7 Å². The Morgan fingerprint density at radius 1 is 1.50 bits per heavy atom. The summed E-state index contributed by atoms with van der Waals surface area (Å²) in [6.07, 6.45) is 1.22. The van der Waals surface area contributed by atoms with Gasteiger partial charge < -0.3 is 9.67 Å². The normalized spacial score (nSPS) is 12.7. The third kappa shape index (κ3) is 3.07. The third-order valence-corrected chi connectivity index (χ3v) is 4.08. The molecular weight excluding hydrogens is 268 g/mol. The summed E-state index contributed by atoms with van der Waals surface area (Å²) in [5, 5.41) is 10.2. The molecule has 2 rings (SSSR count). The van der Waals surface area contributed by atoms with Crippen LogP contribution in [0.15, 0.2) is 35.4 Å². The number of aliphatic hydroxyl groups excluding tert-OH is 1. The molecule has 18 heavy (non-hydrogen) atoms. The first kappa shape index (κ1) is 13.5. The molecular formula is C13H15ClN2OS. The minimum atomic E-state index is -0.437. The van der Waals surface area contributed by atoms with E-state index in [1.54, 1.807) is 24.9 Å². The van der Waals surface area contributed by atoms with Crippen LogP contribution in [0, 0.1) is 0 Å².